The fourth-order valence-corrected chi connectivity index (χ4v) is 2.04. The van der Waals surface area contributed by atoms with E-state index in [4.69, 9.17) is 4.74 Å². The zero-order chi connectivity index (χ0) is 18.7. The average molecular weight is 350 g/mol. The number of ether oxygens (including phenoxy) is 1. The van der Waals surface area contributed by atoms with Gasteiger partial charge in [-0.3, -0.25) is 19.8 Å². The van der Waals surface area contributed by atoms with Crippen molar-refractivity contribution in [1.82, 2.24) is 15.5 Å². The number of likely N-dealkylation sites (N-methyl/N-ethyl adjacent to an activating group) is 1. The molecule has 0 aromatic heterocycles. The van der Waals surface area contributed by atoms with Crippen molar-refractivity contribution in [2.45, 2.75) is 19.8 Å². The van der Waals surface area contributed by atoms with E-state index in [1.807, 2.05) is 6.92 Å². The van der Waals surface area contributed by atoms with E-state index in [1.54, 1.807) is 38.4 Å². The second-order valence-electron chi connectivity index (χ2n) is 5.61. The summed E-state index contributed by atoms with van der Waals surface area (Å²) in [5, 5.41) is 7.54. The molecular weight excluding hydrogens is 324 g/mol. The number of hydrogen-bond donors (Lipinski definition) is 3. The van der Waals surface area contributed by atoms with Gasteiger partial charge in [0.1, 0.15) is 5.75 Å². The van der Waals surface area contributed by atoms with Crippen LogP contribution in [0.25, 0.3) is 0 Å². The van der Waals surface area contributed by atoms with Crippen LogP contribution in [0.4, 0.5) is 10.5 Å². The molecule has 8 nitrogen and oxygen atoms in total. The minimum Gasteiger partial charge on any atom is -0.497 e. The van der Waals surface area contributed by atoms with Gasteiger partial charge in [0.15, 0.2) is 0 Å². The molecule has 0 saturated heterocycles. The SMILES string of the molecule is CCCCNC(=O)NC(=O)CN(C)CC(=O)Nc1cccc(OC)c1. The van der Waals surface area contributed by atoms with Gasteiger partial charge in [0.05, 0.1) is 20.2 Å². The molecular formula is C17H26N4O4. The molecule has 3 N–H and O–H groups in total. The first kappa shape index (κ1) is 20.4. The summed E-state index contributed by atoms with van der Waals surface area (Å²) in [6.45, 7) is 2.49. The van der Waals surface area contributed by atoms with Gasteiger partial charge in [0.2, 0.25) is 11.8 Å². The third-order valence-electron chi connectivity index (χ3n) is 3.25. The Morgan fingerprint density at radius 3 is 2.56 bits per heavy atom. The van der Waals surface area contributed by atoms with E-state index < -0.39 is 11.9 Å². The van der Waals surface area contributed by atoms with E-state index in [-0.39, 0.29) is 19.0 Å². The lowest BCUT2D eigenvalue weighted by molar-refractivity contribution is -0.122. The van der Waals surface area contributed by atoms with Crippen molar-refractivity contribution in [3.05, 3.63) is 24.3 Å². The maximum atomic E-state index is 12.0. The molecule has 138 valence electrons. The number of rotatable bonds is 9. The monoisotopic (exact) mass is 350 g/mol. The molecule has 1 aromatic rings. The normalized spacial score (nSPS) is 10.2. The molecule has 0 bridgehead atoms. The Hall–Kier alpha value is -2.61. The van der Waals surface area contributed by atoms with Crippen molar-refractivity contribution in [2.75, 3.05) is 39.1 Å². The van der Waals surface area contributed by atoms with Crippen LogP contribution in [-0.2, 0) is 9.59 Å². The number of hydrogen-bond acceptors (Lipinski definition) is 5. The molecule has 0 atom stereocenters. The maximum absolute atomic E-state index is 12.0. The van der Waals surface area contributed by atoms with E-state index >= 15 is 0 Å². The van der Waals surface area contributed by atoms with Crippen LogP contribution < -0.4 is 20.7 Å². The summed E-state index contributed by atoms with van der Waals surface area (Å²) >= 11 is 0. The van der Waals surface area contributed by atoms with E-state index in [1.165, 1.54) is 4.90 Å². The summed E-state index contributed by atoms with van der Waals surface area (Å²) < 4.78 is 5.09. The van der Waals surface area contributed by atoms with Crippen molar-refractivity contribution in [1.29, 1.82) is 0 Å². The van der Waals surface area contributed by atoms with Gasteiger partial charge in [-0.2, -0.15) is 0 Å². The number of anilines is 1. The van der Waals surface area contributed by atoms with Gasteiger partial charge in [0, 0.05) is 18.3 Å². The van der Waals surface area contributed by atoms with Gasteiger partial charge in [-0.05, 0) is 25.6 Å². The Bertz CT molecular complexity index is 592. The first-order valence-corrected chi connectivity index (χ1v) is 8.14. The number of unbranched alkanes of at least 4 members (excludes halogenated alkanes) is 1. The Kier molecular flexibility index (Phi) is 9.02. The predicted octanol–water partition coefficient (Wildman–Crippen LogP) is 1.19. The van der Waals surface area contributed by atoms with Crippen molar-refractivity contribution in [2.24, 2.45) is 0 Å². The molecule has 0 radical (unpaired) electrons. The quantitative estimate of drug-likeness (QED) is 0.581. The molecule has 0 fully saturated rings. The van der Waals surface area contributed by atoms with Crippen LogP contribution in [0.5, 0.6) is 5.75 Å². The number of amides is 4. The first-order chi connectivity index (χ1) is 11.9. The Labute approximate surface area is 147 Å². The molecule has 0 heterocycles. The minimum absolute atomic E-state index is 0.0160. The molecule has 0 aliphatic heterocycles. The lowest BCUT2D eigenvalue weighted by Crippen LogP contribution is -2.45. The van der Waals surface area contributed by atoms with Gasteiger partial charge in [-0.15, -0.1) is 0 Å². The van der Waals surface area contributed by atoms with Crippen LogP contribution in [0.15, 0.2) is 24.3 Å². The molecule has 8 heteroatoms. The second kappa shape index (κ2) is 11.0. The third-order valence-corrected chi connectivity index (χ3v) is 3.25. The lowest BCUT2D eigenvalue weighted by Gasteiger charge is -2.16. The molecule has 0 saturated carbocycles. The number of benzene rings is 1. The molecule has 25 heavy (non-hydrogen) atoms. The number of urea groups is 1. The molecule has 0 aliphatic rings. The first-order valence-electron chi connectivity index (χ1n) is 8.14. The fourth-order valence-electron chi connectivity index (χ4n) is 2.04. The summed E-state index contributed by atoms with van der Waals surface area (Å²) in [6, 6.07) is 6.46. The van der Waals surface area contributed by atoms with Crippen molar-refractivity contribution in [3.63, 3.8) is 0 Å². The fraction of sp³-hybridized carbons (Fsp3) is 0.471. The van der Waals surface area contributed by atoms with Crippen LogP contribution in [0.2, 0.25) is 0 Å². The second-order valence-corrected chi connectivity index (χ2v) is 5.61. The standard InChI is InChI=1S/C17H26N4O4/c1-4-5-9-18-17(24)20-16(23)12-21(2)11-15(22)19-13-7-6-8-14(10-13)25-3/h6-8,10H,4-5,9,11-12H2,1-3H3,(H,19,22)(H2,18,20,23,24). The Balaban J connectivity index is 2.34. The zero-order valence-corrected chi connectivity index (χ0v) is 14.9. The lowest BCUT2D eigenvalue weighted by atomic mass is 10.3. The van der Waals surface area contributed by atoms with Gasteiger partial charge < -0.3 is 15.4 Å². The smallest absolute Gasteiger partial charge is 0.321 e. The zero-order valence-electron chi connectivity index (χ0n) is 14.9. The predicted molar refractivity (Wildman–Crippen MR) is 95.6 cm³/mol. The number of nitrogens with zero attached hydrogens (tertiary/aromatic N) is 1. The van der Waals surface area contributed by atoms with E-state index in [0.717, 1.165) is 12.8 Å². The third kappa shape index (κ3) is 8.71. The van der Waals surface area contributed by atoms with Gasteiger partial charge in [-0.25, -0.2) is 4.79 Å². The number of imide groups is 1. The largest absolute Gasteiger partial charge is 0.497 e. The molecule has 1 rings (SSSR count). The van der Waals surface area contributed by atoms with Crippen molar-refractivity contribution in [3.8, 4) is 5.75 Å². The molecule has 4 amide bonds. The van der Waals surface area contributed by atoms with E-state index in [0.29, 0.717) is 18.0 Å². The minimum atomic E-state index is -0.521. The summed E-state index contributed by atoms with van der Waals surface area (Å²) in [6.07, 6.45) is 1.81. The Morgan fingerprint density at radius 2 is 1.88 bits per heavy atom. The number of nitrogens with one attached hydrogen (secondary N) is 3. The highest BCUT2D eigenvalue weighted by Gasteiger charge is 2.13. The molecule has 0 unspecified atom stereocenters. The summed E-state index contributed by atoms with van der Waals surface area (Å²) in [4.78, 5) is 36.8. The average Bonchev–Trinajstić information content (AvgIpc) is 2.54. The topological polar surface area (TPSA) is 99.8 Å². The summed E-state index contributed by atoms with van der Waals surface area (Å²) in [5.41, 5.74) is 0.609. The highest BCUT2D eigenvalue weighted by molar-refractivity contribution is 5.96. The molecule has 1 aromatic carbocycles. The molecule has 0 aliphatic carbocycles. The number of methoxy groups -OCH3 is 1. The van der Waals surface area contributed by atoms with Gasteiger partial charge in [-0.1, -0.05) is 19.4 Å². The van der Waals surface area contributed by atoms with Crippen molar-refractivity contribution >= 4 is 23.5 Å². The highest BCUT2D eigenvalue weighted by Crippen LogP contribution is 2.16. The number of carbonyl (C=O) groups is 3. The van der Waals surface area contributed by atoms with Crippen LogP contribution in [-0.4, -0.2) is 56.5 Å². The van der Waals surface area contributed by atoms with Gasteiger partial charge >= 0.3 is 6.03 Å². The highest BCUT2D eigenvalue weighted by atomic mass is 16.5. The van der Waals surface area contributed by atoms with Crippen molar-refractivity contribution < 1.29 is 19.1 Å². The van der Waals surface area contributed by atoms with Gasteiger partial charge in [0.25, 0.3) is 0 Å². The summed E-state index contributed by atoms with van der Waals surface area (Å²) in [5.74, 6) is -0.0961. The Morgan fingerprint density at radius 1 is 1.16 bits per heavy atom. The van der Waals surface area contributed by atoms with Crippen LogP contribution in [0, 0.1) is 0 Å². The number of carbonyl (C=O) groups excluding carboxylic acids is 3. The summed E-state index contributed by atoms with van der Waals surface area (Å²) in [7, 11) is 3.17. The molecule has 0 spiro atoms. The maximum Gasteiger partial charge on any atom is 0.321 e. The van der Waals surface area contributed by atoms with Crippen LogP contribution >= 0.6 is 0 Å². The van der Waals surface area contributed by atoms with Crippen LogP contribution in [0.3, 0.4) is 0 Å². The van der Waals surface area contributed by atoms with E-state index in [2.05, 4.69) is 16.0 Å². The van der Waals surface area contributed by atoms with E-state index in [9.17, 15) is 14.4 Å². The van der Waals surface area contributed by atoms with Crippen LogP contribution in [0.1, 0.15) is 19.8 Å².